The Morgan fingerprint density at radius 3 is 1.00 bits per heavy atom. The first kappa shape index (κ1) is 46.1. The van der Waals surface area contributed by atoms with Crippen LogP contribution in [0.4, 0.5) is 34.1 Å². The van der Waals surface area contributed by atoms with Crippen molar-refractivity contribution < 1.29 is 0 Å². The normalized spacial score (nSPS) is 13.9. The molecule has 2 aliphatic heterocycles. The fourth-order valence-electron chi connectivity index (χ4n) is 11.5. The molecule has 0 saturated carbocycles. The lowest BCUT2D eigenvalue weighted by Gasteiger charge is -2.43. The van der Waals surface area contributed by atoms with Gasteiger partial charge in [-0.2, -0.15) is 0 Å². The molecule has 368 valence electrons. The molecule has 3 aromatic heterocycles. The molecule has 8 nitrogen and oxygen atoms in total. The number of fused-ring (bicyclic) bond motifs is 5. The van der Waals surface area contributed by atoms with E-state index in [9.17, 15) is 0 Å². The summed E-state index contributed by atoms with van der Waals surface area (Å²) in [5.41, 5.74) is 15.2. The van der Waals surface area contributed by atoms with Crippen LogP contribution in [0.15, 0.2) is 231 Å². The molecule has 14 rings (SSSR count). The molecule has 0 aliphatic carbocycles. The second-order valence-electron chi connectivity index (χ2n) is 20.7. The van der Waals surface area contributed by atoms with Crippen molar-refractivity contribution in [2.75, 3.05) is 9.80 Å². The Balaban J connectivity index is 1.16. The molecule has 0 N–H and O–H groups in total. The first-order chi connectivity index (χ1) is 37.7. The predicted molar refractivity (Wildman–Crippen MR) is 315 cm³/mol. The van der Waals surface area contributed by atoms with Gasteiger partial charge in [-0.1, -0.05) is 222 Å². The van der Waals surface area contributed by atoms with Gasteiger partial charge in [0.15, 0.2) is 34.9 Å². The predicted octanol–water partition coefficient (Wildman–Crippen LogP) is 17.5. The van der Waals surface area contributed by atoms with E-state index < -0.39 is 0 Å². The summed E-state index contributed by atoms with van der Waals surface area (Å²) in [5.74, 6) is 3.27. The summed E-state index contributed by atoms with van der Waals surface area (Å²) in [5, 5.41) is 0.948. The van der Waals surface area contributed by atoms with Gasteiger partial charge in [-0.3, -0.25) is 0 Å². The largest absolute Gasteiger partial charge is 0.310 e. The smallest absolute Gasteiger partial charge is 0.174 e. The topological polar surface area (TPSA) is 83.8 Å². The molecule has 2 aliphatic rings. The van der Waals surface area contributed by atoms with Gasteiger partial charge in [0.05, 0.1) is 38.0 Å². The maximum Gasteiger partial charge on any atom is 0.174 e. The Hall–Kier alpha value is -9.44. The number of hydrogen-bond donors (Lipinski definition) is 0. The zero-order valence-corrected chi connectivity index (χ0v) is 43.7. The van der Waals surface area contributed by atoms with E-state index in [0.29, 0.717) is 34.9 Å². The summed E-state index contributed by atoms with van der Waals surface area (Å²) in [7, 11) is 0. The van der Waals surface area contributed by atoms with Gasteiger partial charge in [0.2, 0.25) is 0 Å². The first-order valence-electron chi connectivity index (χ1n) is 26.0. The van der Waals surface area contributed by atoms with Gasteiger partial charge >= 0.3 is 0 Å². The van der Waals surface area contributed by atoms with Crippen LogP contribution < -0.4 is 9.80 Å². The van der Waals surface area contributed by atoms with Crippen LogP contribution in [-0.4, -0.2) is 29.9 Å². The highest BCUT2D eigenvalue weighted by atomic mass is 32.1. The van der Waals surface area contributed by atoms with Gasteiger partial charge in [0.25, 0.3) is 0 Å². The van der Waals surface area contributed by atoms with Crippen molar-refractivity contribution in [1.82, 2.24) is 29.9 Å². The van der Waals surface area contributed by atoms with Crippen LogP contribution >= 0.6 is 11.3 Å². The van der Waals surface area contributed by atoms with Gasteiger partial charge in [-0.05, 0) is 58.7 Å². The Labute approximate surface area is 451 Å². The van der Waals surface area contributed by atoms with Crippen LogP contribution in [0.5, 0.6) is 0 Å². The number of hydrogen-bond acceptors (Lipinski definition) is 9. The summed E-state index contributed by atoms with van der Waals surface area (Å²) in [6, 6.07) is 80.9. The quantitative estimate of drug-likeness (QED) is 0.149. The summed E-state index contributed by atoms with van der Waals surface area (Å²) in [6.45, 7) is 9.34. The van der Waals surface area contributed by atoms with E-state index in [1.807, 2.05) is 72.8 Å². The van der Waals surface area contributed by atoms with Gasteiger partial charge in [0, 0.05) is 49.7 Å². The molecule has 0 saturated heterocycles. The number of anilines is 6. The number of rotatable bonds is 8. The molecule has 0 atom stereocenters. The molecule has 5 heterocycles. The van der Waals surface area contributed by atoms with Gasteiger partial charge in [-0.15, -0.1) is 11.3 Å². The number of aromatic nitrogens is 6. The van der Waals surface area contributed by atoms with Gasteiger partial charge in [-0.25, -0.2) is 29.9 Å². The maximum absolute atomic E-state index is 5.52. The van der Waals surface area contributed by atoms with Crippen molar-refractivity contribution in [2.45, 2.75) is 38.5 Å². The average Bonchev–Trinajstić information content (AvgIpc) is 4.09. The third-order valence-corrected chi connectivity index (χ3v) is 16.6. The van der Waals surface area contributed by atoms with Crippen molar-refractivity contribution >= 4 is 55.5 Å². The van der Waals surface area contributed by atoms with Crippen molar-refractivity contribution in [3.05, 3.63) is 253 Å². The van der Waals surface area contributed by atoms with Crippen LogP contribution in [0.1, 0.15) is 49.9 Å². The minimum Gasteiger partial charge on any atom is -0.310 e. The Morgan fingerprint density at radius 2 is 0.623 bits per heavy atom. The van der Waals surface area contributed by atoms with E-state index in [1.54, 1.807) is 11.3 Å². The van der Waals surface area contributed by atoms with Crippen LogP contribution in [-0.2, 0) is 10.8 Å². The van der Waals surface area contributed by atoms with Crippen molar-refractivity contribution in [1.29, 1.82) is 0 Å². The summed E-state index contributed by atoms with van der Waals surface area (Å²) in [4.78, 5) is 38.1. The van der Waals surface area contributed by atoms with Crippen LogP contribution in [0, 0.1) is 0 Å². The van der Waals surface area contributed by atoms with E-state index in [1.165, 1.54) is 22.3 Å². The zero-order valence-electron chi connectivity index (χ0n) is 42.9. The first-order valence-corrected chi connectivity index (χ1v) is 26.9. The highest BCUT2D eigenvalue weighted by Gasteiger charge is 2.40. The Bertz CT molecular complexity index is 4020. The second-order valence-corrected chi connectivity index (χ2v) is 21.7. The van der Waals surface area contributed by atoms with Crippen molar-refractivity contribution in [3.63, 3.8) is 0 Å². The van der Waals surface area contributed by atoms with Gasteiger partial charge in [0.1, 0.15) is 0 Å². The second kappa shape index (κ2) is 18.1. The number of nitrogens with zero attached hydrogens (tertiary/aromatic N) is 8. The molecule has 9 heteroatoms. The molecular weight excluding hydrogens is 961 g/mol. The SMILES string of the molecule is CC1(C)c2ccccc2N(c2cc(N3c4ccccc4C(C)(C)c4ccccc43)c3sc(-c4nc(-c5ccccc5)nc(-c5ccccc5)n4)c(-c4nc(-c5ccccc5)nc(-c5ccccc5)n4)c3c2)c2ccccc21. The van der Waals surface area contributed by atoms with Gasteiger partial charge < -0.3 is 9.80 Å². The lowest BCUT2D eigenvalue weighted by molar-refractivity contribution is 0.631. The summed E-state index contributed by atoms with van der Waals surface area (Å²) < 4.78 is 1.02. The standard InChI is InChI=1S/C68H50N8S/c1-67(2)49-33-17-21-37-53(49)75(54-38-22-18-34-50(54)67)47-41-48-58(65-71-61(43-25-9-5-10-26-43)69-62(72-65)44-27-11-6-12-28-44)60(66-73-63(45-29-13-7-14-30-45)70-64(74-66)46-31-15-8-16-32-46)77-59(48)57(42-47)76-55-39-23-19-35-51(55)68(3,4)52-36-20-24-40-56(52)76/h5-42H,1-4H3. The minimum atomic E-state index is -0.290. The maximum atomic E-state index is 5.52. The lowest BCUT2D eigenvalue weighted by atomic mass is 9.73. The zero-order chi connectivity index (χ0) is 51.8. The molecule has 0 unspecified atom stereocenters. The summed E-state index contributed by atoms with van der Waals surface area (Å²) >= 11 is 1.67. The minimum absolute atomic E-state index is 0.272. The molecular formula is C68H50N8S. The van der Waals surface area contributed by atoms with E-state index >= 15 is 0 Å². The highest BCUT2D eigenvalue weighted by Crippen LogP contribution is 2.59. The molecule has 77 heavy (non-hydrogen) atoms. The average molecular weight is 1010 g/mol. The number of para-hydroxylation sites is 4. The third-order valence-electron chi connectivity index (χ3n) is 15.4. The monoisotopic (exact) mass is 1010 g/mol. The summed E-state index contributed by atoms with van der Waals surface area (Å²) in [6.07, 6.45) is 0. The molecule has 12 aromatic rings. The molecule has 0 spiro atoms. The lowest BCUT2D eigenvalue weighted by Crippen LogP contribution is -2.31. The molecule has 9 aromatic carbocycles. The number of thiophene rings is 1. The molecule has 0 amide bonds. The Kier molecular flexibility index (Phi) is 10.9. The van der Waals surface area contributed by atoms with E-state index in [0.717, 1.165) is 76.9 Å². The fraction of sp³-hybridized carbons (Fsp3) is 0.0882. The van der Waals surface area contributed by atoms with E-state index in [-0.39, 0.29) is 10.8 Å². The number of benzene rings is 9. The highest BCUT2D eigenvalue weighted by molar-refractivity contribution is 7.23. The molecule has 0 bridgehead atoms. The van der Waals surface area contributed by atoms with E-state index in [2.05, 4.69) is 195 Å². The Morgan fingerprint density at radius 1 is 0.312 bits per heavy atom. The fourth-order valence-corrected chi connectivity index (χ4v) is 12.8. The van der Waals surface area contributed by atoms with Crippen LogP contribution in [0.2, 0.25) is 0 Å². The third kappa shape index (κ3) is 7.64. The van der Waals surface area contributed by atoms with E-state index in [4.69, 9.17) is 29.9 Å². The van der Waals surface area contributed by atoms with Crippen LogP contribution in [0.25, 0.3) is 77.7 Å². The molecule has 0 fully saturated rings. The molecule has 0 radical (unpaired) electrons. The van der Waals surface area contributed by atoms with Crippen LogP contribution in [0.3, 0.4) is 0 Å². The van der Waals surface area contributed by atoms with Crippen molar-refractivity contribution in [2.24, 2.45) is 0 Å². The van der Waals surface area contributed by atoms with Crippen molar-refractivity contribution in [3.8, 4) is 67.6 Å².